The summed E-state index contributed by atoms with van der Waals surface area (Å²) in [6.45, 7) is 4.11. The molecule has 2 N–H and O–H groups in total. The molecule has 0 saturated heterocycles. The average Bonchev–Trinajstić information content (AvgIpc) is 2.10. The molecule has 1 aliphatic rings. The van der Waals surface area contributed by atoms with Crippen molar-refractivity contribution in [2.75, 3.05) is 6.54 Å². The molecular formula is C8H16FN. The third kappa shape index (κ3) is 0.947. The topological polar surface area (TPSA) is 26.0 Å². The van der Waals surface area contributed by atoms with E-state index in [0.29, 0.717) is 6.42 Å². The maximum Gasteiger partial charge on any atom is 0.128 e. The Bertz CT molecular complexity index is 133. The molecule has 0 aromatic heterocycles. The Balaban J connectivity index is 2.76. The van der Waals surface area contributed by atoms with Crippen molar-refractivity contribution in [2.24, 2.45) is 11.1 Å². The zero-order chi connectivity index (χ0) is 7.83. The summed E-state index contributed by atoms with van der Waals surface area (Å²) in [4.78, 5) is 0. The van der Waals surface area contributed by atoms with Crippen molar-refractivity contribution in [2.45, 2.75) is 38.8 Å². The Kier molecular flexibility index (Phi) is 1.75. The van der Waals surface area contributed by atoms with Crippen molar-refractivity contribution in [1.82, 2.24) is 0 Å². The molecular weight excluding hydrogens is 129 g/mol. The normalized spacial score (nSPS) is 38.4. The number of hydrogen-bond donors (Lipinski definition) is 1. The Labute approximate surface area is 61.8 Å². The molecule has 1 rings (SSSR count). The van der Waals surface area contributed by atoms with E-state index in [0.717, 1.165) is 12.8 Å². The number of nitrogens with two attached hydrogens (primary N) is 1. The first-order valence-electron chi connectivity index (χ1n) is 3.91. The highest BCUT2D eigenvalue weighted by molar-refractivity contribution is 4.99. The van der Waals surface area contributed by atoms with Crippen LogP contribution in [0.4, 0.5) is 4.39 Å². The van der Waals surface area contributed by atoms with Crippen LogP contribution >= 0.6 is 0 Å². The highest BCUT2D eigenvalue weighted by Gasteiger charge is 2.48. The van der Waals surface area contributed by atoms with Crippen LogP contribution in [0.15, 0.2) is 0 Å². The molecule has 0 bridgehead atoms. The van der Waals surface area contributed by atoms with Gasteiger partial charge in [-0.25, -0.2) is 4.39 Å². The van der Waals surface area contributed by atoms with Crippen molar-refractivity contribution >= 4 is 0 Å². The quantitative estimate of drug-likeness (QED) is 0.599. The molecule has 1 atom stereocenters. The third-order valence-corrected chi connectivity index (χ3v) is 2.91. The molecule has 0 heterocycles. The van der Waals surface area contributed by atoms with Crippen LogP contribution in [0, 0.1) is 5.41 Å². The van der Waals surface area contributed by atoms with Gasteiger partial charge in [-0.3, -0.25) is 0 Å². The van der Waals surface area contributed by atoms with Crippen molar-refractivity contribution in [3.05, 3.63) is 0 Å². The zero-order valence-electron chi connectivity index (χ0n) is 6.78. The van der Waals surface area contributed by atoms with E-state index in [9.17, 15) is 4.39 Å². The lowest BCUT2D eigenvalue weighted by molar-refractivity contribution is 0.0570. The standard InChI is InChI=1S/C8H16FN/c1-7(2)4-3-5-8(7,9)6-10/h3-6,10H2,1-2H3. The van der Waals surface area contributed by atoms with Crippen LogP contribution in [0.5, 0.6) is 0 Å². The summed E-state index contributed by atoms with van der Waals surface area (Å²) in [5.41, 5.74) is 4.09. The lowest BCUT2D eigenvalue weighted by atomic mass is 9.79. The first-order valence-corrected chi connectivity index (χ1v) is 3.91. The van der Waals surface area contributed by atoms with Crippen LogP contribution in [0.2, 0.25) is 0 Å². The van der Waals surface area contributed by atoms with Crippen LogP contribution in [-0.2, 0) is 0 Å². The largest absolute Gasteiger partial charge is 0.328 e. The van der Waals surface area contributed by atoms with E-state index < -0.39 is 5.67 Å². The summed E-state index contributed by atoms with van der Waals surface area (Å²) in [7, 11) is 0. The zero-order valence-corrected chi connectivity index (χ0v) is 6.78. The predicted octanol–water partition coefficient (Wildman–Crippen LogP) is 1.86. The van der Waals surface area contributed by atoms with Gasteiger partial charge in [-0.05, 0) is 19.3 Å². The first-order chi connectivity index (χ1) is 4.52. The fraction of sp³-hybridized carbons (Fsp3) is 1.00. The Hall–Kier alpha value is -0.110. The molecule has 1 fully saturated rings. The summed E-state index contributed by atoms with van der Waals surface area (Å²) >= 11 is 0. The van der Waals surface area contributed by atoms with Crippen LogP contribution in [0.1, 0.15) is 33.1 Å². The van der Waals surface area contributed by atoms with Crippen LogP contribution in [-0.4, -0.2) is 12.2 Å². The second-order valence-corrected chi connectivity index (χ2v) is 3.91. The summed E-state index contributed by atoms with van der Waals surface area (Å²) in [5.74, 6) is 0. The highest BCUT2D eigenvalue weighted by atomic mass is 19.1. The van der Waals surface area contributed by atoms with E-state index in [-0.39, 0.29) is 12.0 Å². The van der Waals surface area contributed by atoms with E-state index >= 15 is 0 Å². The fourth-order valence-electron chi connectivity index (χ4n) is 1.75. The van der Waals surface area contributed by atoms with Gasteiger partial charge in [0.15, 0.2) is 0 Å². The molecule has 0 aliphatic heterocycles. The van der Waals surface area contributed by atoms with E-state index in [4.69, 9.17) is 5.73 Å². The van der Waals surface area contributed by atoms with Gasteiger partial charge in [-0.15, -0.1) is 0 Å². The van der Waals surface area contributed by atoms with Gasteiger partial charge in [0, 0.05) is 12.0 Å². The number of hydrogen-bond acceptors (Lipinski definition) is 1. The number of halogens is 1. The van der Waals surface area contributed by atoms with Gasteiger partial charge in [0.25, 0.3) is 0 Å². The van der Waals surface area contributed by atoms with Gasteiger partial charge in [-0.1, -0.05) is 13.8 Å². The van der Waals surface area contributed by atoms with Gasteiger partial charge < -0.3 is 5.73 Å². The number of alkyl halides is 1. The fourth-order valence-corrected chi connectivity index (χ4v) is 1.75. The molecule has 1 saturated carbocycles. The molecule has 0 amide bonds. The smallest absolute Gasteiger partial charge is 0.128 e. The van der Waals surface area contributed by atoms with Crippen molar-refractivity contribution < 1.29 is 4.39 Å². The maximum absolute atomic E-state index is 13.7. The summed E-state index contributed by atoms with van der Waals surface area (Å²) in [6.07, 6.45) is 2.61. The molecule has 0 spiro atoms. The minimum atomic E-state index is -1.09. The lowest BCUT2D eigenvalue weighted by Gasteiger charge is -2.32. The summed E-state index contributed by atoms with van der Waals surface area (Å²) in [6, 6.07) is 0. The molecule has 0 aromatic rings. The monoisotopic (exact) mass is 145 g/mol. The molecule has 60 valence electrons. The molecule has 1 unspecified atom stereocenters. The summed E-state index contributed by atoms with van der Waals surface area (Å²) in [5, 5.41) is 0. The molecule has 2 heteroatoms. The van der Waals surface area contributed by atoms with Gasteiger partial charge in [-0.2, -0.15) is 0 Å². The minimum absolute atomic E-state index is 0.181. The predicted molar refractivity (Wildman–Crippen MR) is 40.5 cm³/mol. The van der Waals surface area contributed by atoms with Gasteiger partial charge in [0.1, 0.15) is 5.67 Å². The van der Waals surface area contributed by atoms with E-state index in [1.807, 2.05) is 13.8 Å². The van der Waals surface area contributed by atoms with Crippen molar-refractivity contribution in [3.63, 3.8) is 0 Å². The lowest BCUT2D eigenvalue weighted by Crippen LogP contribution is -2.42. The molecule has 0 radical (unpaired) electrons. The van der Waals surface area contributed by atoms with Crippen LogP contribution in [0.25, 0.3) is 0 Å². The van der Waals surface area contributed by atoms with E-state index in [1.54, 1.807) is 0 Å². The van der Waals surface area contributed by atoms with Gasteiger partial charge in [0.2, 0.25) is 0 Å². The Morgan fingerprint density at radius 1 is 1.40 bits per heavy atom. The second kappa shape index (κ2) is 2.19. The number of rotatable bonds is 1. The van der Waals surface area contributed by atoms with E-state index in [2.05, 4.69) is 0 Å². The first kappa shape index (κ1) is 7.99. The minimum Gasteiger partial charge on any atom is -0.328 e. The Morgan fingerprint density at radius 2 is 2.00 bits per heavy atom. The second-order valence-electron chi connectivity index (χ2n) is 3.91. The summed E-state index contributed by atoms with van der Waals surface area (Å²) < 4.78 is 13.7. The Morgan fingerprint density at radius 3 is 2.20 bits per heavy atom. The van der Waals surface area contributed by atoms with Gasteiger partial charge >= 0.3 is 0 Å². The molecule has 10 heavy (non-hydrogen) atoms. The maximum atomic E-state index is 13.7. The highest BCUT2D eigenvalue weighted by Crippen LogP contribution is 2.47. The van der Waals surface area contributed by atoms with Crippen LogP contribution < -0.4 is 5.73 Å². The van der Waals surface area contributed by atoms with Crippen LogP contribution in [0.3, 0.4) is 0 Å². The average molecular weight is 145 g/mol. The van der Waals surface area contributed by atoms with Gasteiger partial charge in [0.05, 0.1) is 0 Å². The SMILES string of the molecule is CC1(C)CCCC1(F)CN. The third-order valence-electron chi connectivity index (χ3n) is 2.91. The molecule has 0 aromatic carbocycles. The van der Waals surface area contributed by atoms with Crippen molar-refractivity contribution in [3.8, 4) is 0 Å². The van der Waals surface area contributed by atoms with Crippen molar-refractivity contribution in [1.29, 1.82) is 0 Å². The molecule has 1 nitrogen and oxygen atoms in total. The molecule has 1 aliphatic carbocycles. The van der Waals surface area contributed by atoms with E-state index in [1.165, 1.54) is 0 Å².